The third-order valence-electron chi connectivity index (χ3n) is 5.30. The number of hydrogen-bond donors (Lipinski definition) is 0. The zero-order chi connectivity index (χ0) is 18.8. The Bertz CT molecular complexity index is 808. The predicted molar refractivity (Wildman–Crippen MR) is 108 cm³/mol. The van der Waals surface area contributed by atoms with Crippen molar-refractivity contribution in [3.8, 4) is 0 Å². The summed E-state index contributed by atoms with van der Waals surface area (Å²) in [5.74, 6) is 1.93. The minimum Gasteiger partial charge on any atom is -0.353 e. The van der Waals surface area contributed by atoms with Gasteiger partial charge in [-0.05, 0) is 33.1 Å². The van der Waals surface area contributed by atoms with Crippen molar-refractivity contribution < 1.29 is 4.79 Å². The lowest BCUT2D eigenvalue weighted by Crippen LogP contribution is -2.49. The minimum atomic E-state index is 0.0996. The van der Waals surface area contributed by atoms with Crippen LogP contribution in [0.4, 0.5) is 11.8 Å². The third kappa shape index (κ3) is 3.90. The smallest absolute Gasteiger partial charge is 0.265 e. The Kier molecular flexibility index (Phi) is 5.24. The van der Waals surface area contributed by atoms with Crippen LogP contribution in [0.5, 0.6) is 0 Å². The maximum Gasteiger partial charge on any atom is 0.265 e. The van der Waals surface area contributed by atoms with Crippen molar-refractivity contribution in [2.24, 2.45) is 0 Å². The van der Waals surface area contributed by atoms with Gasteiger partial charge in [-0.1, -0.05) is 0 Å². The molecule has 0 atom stereocenters. The summed E-state index contributed by atoms with van der Waals surface area (Å²) >= 11 is 1.43. The lowest BCUT2D eigenvalue weighted by atomic mass is 10.1. The van der Waals surface area contributed by atoms with Crippen LogP contribution in [0.2, 0.25) is 0 Å². The van der Waals surface area contributed by atoms with E-state index in [2.05, 4.69) is 25.8 Å². The van der Waals surface area contributed by atoms with E-state index in [1.54, 1.807) is 5.51 Å². The Morgan fingerprint density at radius 1 is 0.963 bits per heavy atom. The summed E-state index contributed by atoms with van der Waals surface area (Å²) in [6.45, 7) is 9.00. The Morgan fingerprint density at radius 2 is 1.70 bits per heavy atom. The molecule has 0 N–H and O–H groups in total. The maximum absolute atomic E-state index is 12.7. The molecule has 0 unspecified atom stereocenters. The molecule has 2 aromatic heterocycles. The van der Waals surface area contributed by atoms with Crippen LogP contribution >= 0.6 is 11.3 Å². The predicted octanol–water partition coefficient (Wildman–Crippen LogP) is 2.50. The molecule has 2 saturated heterocycles. The summed E-state index contributed by atoms with van der Waals surface area (Å²) in [7, 11) is 0. The maximum atomic E-state index is 12.7. The molecule has 7 nitrogen and oxygen atoms in total. The van der Waals surface area contributed by atoms with Crippen molar-refractivity contribution >= 4 is 29.0 Å². The molecule has 8 heteroatoms. The number of aryl methyl sites for hydroxylation is 2. The lowest BCUT2D eigenvalue weighted by Gasteiger charge is -2.36. The topological polar surface area (TPSA) is 65.5 Å². The Morgan fingerprint density at radius 3 is 2.37 bits per heavy atom. The Labute approximate surface area is 164 Å². The van der Waals surface area contributed by atoms with E-state index in [0.717, 1.165) is 54.2 Å². The van der Waals surface area contributed by atoms with Gasteiger partial charge in [0.05, 0.1) is 11.2 Å². The first-order chi connectivity index (χ1) is 13.1. The molecule has 0 spiro atoms. The third-order valence-corrected chi connectivity index (χ3v) is 6.21. The van der Waals surface area contributed by atoms with Gasteiger partial charge in [-0.15, -0.1) is 11.3 Å². The van der Waals surface area contributed by atoms with Gasteiger partial charge in [0.25, 0.3) is 5.91 Å². The molecule has 0 radical (unpaired) electrons. The Hall–Kier alpha value is -2.22. The van der Waals surface area contributed by atoms with E-state index in [9.17, 15) is 4.79 Å². The average molecular weight is 387 g/mol. The summed E-state index contributed by atoms with van der Waals surface area (Å²) < 4.78 is 0. The molecular weight excluding hydrogens is 360 g/mol. The Balaban J connectivity index is 1.44. The van der Waals surface area contributed by atoms with Crippen LogP contribution in [0.15, 0.2) is 11.6 Å². The standard InChI is InChI=1S/C19H26N6OS/c1-14-12-16(22-19(21-14)25-6-4-3-5-7-25)23-8-10-24(11-9-23)18(26)17-15(2)20-13-27-17/h12-13H,3-11H2,1-2H3. The molecule has 2 aliphatic rings. The van der Waals surface area contributed by atoms with Crippen LogP contribution in [0.3, 0.4) is 0 Å². The van der Waals surface area contributed by atoms with Gasteiger partial charge in [-0.3, -0.25) is 4.79 Å². The number of nitrogens with zero attached hydrogens (tertiary/aromatic N) is 6. The zero-order valence-electron chi connectivity index (χ0n) is 16.0. The molecule has 2 fully saturated rings. The highest BCUT2D eigenvalue weighted by Gasteiger charge is 2.26. The second-order valence-electron chi connectivity index (χ2n) is 7.26. The second-order valence-corrected chi connectivity index (χ2v) is 8.12. The van der Waals surface area contributed by atoms with E-state index in [1.807, 2.05) is 18.7 Å². The summed E-state index contributed by atoms with van der Waals surface area (Å²) in [5.41, 5.74) is 3.56. The average Bonchev–Trinajstić information content (AvgIpc) is 3.13. The van der Waals surface area contributed by atoms with Crippen molar-refractivity contribution in [1.82, 2.24) is 19.9 Å². The molecule has 4 rings (SSSR count). The molecular formula is C19H26N6OS. The molecule has 144 valence electrons. The summed E-state index contributed by atoms with van der Waals surface area (Å²) in [5, 5.41) is 0. The number of piperazine rings is 1. The van der Waals surface area contributed by atoms with Crippen LogP contribution in [-0.2, 0) is 0 Å². The van der Waals surface area contributed by atoms with Crippen molar-refractivity contribution in [3.63, 3.8) is 0 Å². The quantitative estimate of drug-likeness (QED) is 0.808. The van der Waals surface area contributed by atoms with Crippen LogP contribution in [0.25, 0.3) is 0 Å². The largest absolute Gasteiger partial charge is 0.353 e. The first kappa shape index (κ1) is 18.2. The van der Waals surface area contributed by atoms with Crippen LogP contribution < -0.4 is 9.80 Å². The highest BCUT2D eigenvalue weighted by Crippen LogP contribution is 2.22. The number of piperidine rings is 1. The fourth-order valence-corrected chi connectivity index (χ4v) is 4.49. The molecule has 2 aromatic rings. The van der Waals surface area contributed by atoms with Gasteiger partial charge < -0.3 is 14.7 Å². The number of aromatic nitrogens is 3. The first-order valence-corrected chi connectivity index (χ1v) is 10.5. The molecule has 1 amide bonds. The molecule has 2 aliphatic heterocycles. The van der Waals surface area contributed by atoms with Gasteiger partial charge in [0.2, 0.25) is 5.95 Å². The normalized spacial score (nSPS) is 18.1. The van der Waals surface area contributed by atoms with Gasteiger partial charge in [-0.25, -0.2) is 9.97 Å². The summed E-state index contributed by atoms with van der Waals surface area (Å²) in [6, 6.07) is 2.05. The monoisotopic (exact) mass is 386 g/mol. The van der Waals surface area contributed by atoms with Crippen LogP contribution in [-0.4, -0.2) is 65.0 Å². The highest BCUT2D eigenvalue weighted by molar-refractivity contribution is 7.11. The van der Waals surface area contributed by atoms with Crippen LogP contribution in [0, 0.1) is 13.8 Å². The van der Waals surface area contributed by atoms with Gasteiger partial charge in [0, 0.05) is 51.0 Å². The van der Waals surface area contributed by atoms with Crippen molar-refractivity contribution in [3.05, 3.63) is 27.8 Å². The van der Waals surface area contributed by atoms with E-state index in [0.29, 0.717) is 13.1 Å². The number of anilines is 2. The lowest BCUT2D eigenvalue weighted by molar-refractivity contribution is 0.0750. The van der Waals surface area contributed by atoms with Gasteiger partial charge in [0.15, 0.2) is 0 Å². The second kappa shape index (κ2) is 7.80. The van der Waals surface area contributed by atoms with Crippen molar-refractivity contribution in [1.29, 1.82) is 0 Å². The fraction of sp³-hybridized carbons (Fsp3) is 0.579. The zero-order valence-corrected chi connectivity index (χ0v) is 16.8. The summed E-state index contributed by atoms with van der Waals surface area (Å²) in [4.78, 5) is 33.6. The molecule has 4 heterocycles. The molecule has 27 heavy (non-hydrogen) atoms. The van der Waals surface area contributed by atoms with E-state index in [4.69, 9.17) is 4.98 Å². The first-order valence-electron chi connectivity index (χ1n) is 9.67. The van der Waals surface area contributed by atoms with Crippen LogP contribution in [0.1, 0.15) is 40.3 Å². The number of carbonyl (C=O) groups excluding carboxylic acids is 1. The van der Waals surface area contributed by atoms with Gasteiger partial charge >= 0.3 is 0 Å². The van der Waals surface area contributed by atoms with Crippen molar-refractivity contribution in [2.75, 3.05) is 49.1 Å². The molecule has 0 aliphatic carbocycles. The molecule has 0 aromatic carbocycles. The number of rotatable bonds is 3. The van der Waals surface area contributed by atoms with E-state index >= 15 is 0 Å². The van der Waals surface area contributed by atoms with E-state index in [1.165, 1.54) is 30.6 Å². The van der Waals surface area contributed by atoms with E-state index < -0.39 is 0 Å². The van der Waals surface area contributed by atoms with E-state index in [-0.39, 0.29) is 5.91 Å². The number of thiazole rings is 1. The number of hydrogen-bond acceptors (Lipinski definition) is 7. The molecule has 0 bridgehead atoms. The SMILES string of the molecule is Cc1cc(N2CCN(C(=O)c3scnc3C)CC2)nc(N2CCCCC2)n1. The highest BCUT2D eigenvalue weighted by atomic mass is 32.1. The number of carbonyl (C=O) groups is 1. The summed E-state index contributed by atoms with van der Waals surface area (Å²) in [6.07, 6.45) is 3.72. The number of amides is 1. The fourth-order valence-electron chi connectivity index (χ4n) is 3.72. The molecule has 0 saturated carbocycles. The van der Waals surface area contributed by atoms with Gasteiger partial charge in [0.1, 0.15) is 10.7 Å². The van der Waals surface area contributed by atoms with Gasteiger partial charge in [-0.2, -0.15) is 4.98 Å². The van der Waals surface area contributed by atoms with Crippen molar-refractivity contribution in [2.45, 2.75) is 33.1 Å². The minimum absolute atomic E-state index is 0.0996.